The number of nitrogens with two attached hydrogens (primary N) is 1. The fourth-order valence-corrected chi connectivity index (χ4v) is 2.22. The minimum atomic E-state index is -0.229. The van der Waals surface area contributed by atoms with Gasteiger partial charge in [0.25, 0.3) is 0 Å². The number of hydrogen-bond acceptors (Lipinski definition) is 4. The molecule has 0 aliphatic carbocycles. The standard InChI is InChI=1S/C16H15ClN2O2/c17-12-5-7-13(8-6-12)20-10-14(19-18)16-9-11-3-1-2-4-15(11)21-16/h1-9,14,19H,10,18H2. The van der Waals surface area contributed by atoms with Gasteiger partial charge in [-0.15, -0.1) is 0 Å². The Bertz CT molecular complexity index is 691. The largest absolute Gasteiger partial charge is 0.491 e. The Morgan fingerprint density at radius 2 is 1.90 bits per heavy atom. The summed E-state index contributed by atoms with van der Waals surface area (Å²) >= 11 is 5.84. The Morgan fingerprint density at radius 1 is 1.14 bits per heavy atom. The molecule has 0 bridgehead atoms. The van der Waals surface area contributed by atoms with Crippen molar-refractivity contribution in [2.24, 2.45) is 5.84 Å². The van der Waals surface area contributed by atoms with Crippen LogP contribution < -0.4 is 16.0 Å². The van der Waals surface area contributed by atoms with E-state index in [-0.39, 0.29) is 6.04 Å². The van der Waals surface area contributed by atoms with Crippen molar-refractivity contribution in [1.82, 2.24) is 5.43 Å². The van der Waals surface area contributed by atoms with Crippen LogP contribution in [0.2, 0.25) is 5.02 Å². The maximum absolute atomic E-state index is 5.84. The number of hydrazine groups is 1. The quantitative estimate of drug-likeness (QED) is 0.557. The maximum atomic E-state index is 5.84. The first-order chi connectivity index (χ1) is 10.3. The van der Waals surface area contributed by atoms with E-state index in [4.69, 9.17) is 26.6 Å². The molecule has 1 heterocycles. The molecule has 0 aliphatic heterocycles. The van der Waals surface area contributed by atoms with E-state index in [2.05, 4.69) is 5.43 Å². The first-order valence-corrected chi connectivity index (χ1v) is 6.97. The number of benzene rings is 2. The van der Waals surface area contributed by atoms with Crippen molar-refractivity contribution in [2.45, 2.75) is 6.04 Å². The van der Waals surface area contributed by atoms with Crippen LogP contribution in [0, 0.1) is 0 Å². The van der Waals surface area contributed by atoms with Gasteiger partial charge < -0.3 is 9.15 Å². The number of fused-ring (bicyclic) bond motifs is 1. The molecule has 5 heteroatoms. The van der Waals surface area contributed by atoms with Crippen molar-refractivity contribution in [3.8, 4) is 5.75 Å². The molecule has 21 heavy (non-hydrogen) atoms. The average Bonchev–Trinajstić information content (AvgIpc) is 2.93. The van der Waals surface area contributed by atoms with Crippen molar-refractivity contribution in [2.75, 3.05) is 6.61 Å². The molecule has 3 aromatic rings. The molecule has 2 aromatic carbocycles. The van der Waals surface area contributed by atoms with E-state index in [0.717, 1.165) is 22.5 Å². The summed E-state index contributed by atoms with van der Waals surface area (Å²) in [5.41, 5.74) is 3.55. The Balaban J connectivity index is 1.73. The summed E-state index contributed by atoms with van der Waals surface area (Å²) in [6.07, 6.45) is 0. The number of nitrogens with one attached hydrogen (secondary N) is 1. The molecule has 1 atom stereocenters. The van der Waals surface area contributed by atoms with Gasteiger partial charge >= 0.3 is 0 Å². The monoisotopic (exact) mass is 302 g/mol. The van der Waals surface area contributed by atoms with Gasteiger partial charge in [0.05, 0.1) is 0 Å². The topological polar surface area (TPSA) is 60.4 Å². The van der Waals surface area contributed by atoms with E-state index in [0.29, 0.717) is 11.6 Å². The number of halogens is 1. The highest BCUT2D eigenvalue weighted by molar-refractivity contribution is 6.30. The van der Waals surface area contributed by atoms with Gasteiger partial charge in [-0.05, 0) is 36.4 Å². The van der Waals surface area contributed by atoms with E-state index in [9.17, 15) is 0 Å². The second-order valence-electron chi connectivity index (χ2n) is 4.67. The maximum Gasteiger partial charge on any atom is 0.134 e. The molecular formula is C16H15ClN2O2. The van der Waals surface area contributed by atoms with Crippen LogP contribution in [0.3, 0.4) is 0 Å². The van der Waals surface area contributed by atoms with E-state index in [1.54, 1.807) is 12.1 Å². The molecule has 0 saturated carbocycles. The Hall–Kier alpha value is -2.01. The summed E-state index contributed by atoms with van der Waals surface area (Å²) in [5, 5.41) is 1.72. The lowest BCUT2D eigenvalue weighted by Gasteiger charge is -2.14. The molecule has 0 radical (unpaired) electrons. The van der Waals surface area contributed by atoms with Crippen LogP contribution in [0.25, 0.3) is 11.0 Å². The van der Waals surface area contributed by atoms with Crippen LogP contribution in [-0.2, 0) is 0 Å². The third kappa shape index (κ3) is 3.19. The van der Waals surface area contributed by atoms with E-state index in [1.807, 2.05) is 42.5 Å². The van der Waals surface area contributed by atoms with Crippen LogP contribution in [0.4, 0.5) is 0 Å². The lowest BCUT2D eigenvalue weighted by Crippen LogP contribution is -2.32. The SMILES string of the molecule is NNC(COc1ccc(Cl)cc1)c1cc2ccccc2o1. The van der Waals surface area contributed by atoms with Gasteiger partial charge in [0.1, 0.15) is 29.7 Å². The lowest BCUT2D eigenvalue weighted by molar-refractivity contribution is 0.250. The smallest absolute Gasteiger partial charge is 0.134 e. The second-order valence-corrected chi connectivity index (χ2v) is 5.11. The van der Waals surface area contributed by atoms with Gasteiger partial charge in [0.2, 0.25) is 0 Å². The number of ether oxygens (including phenoxy) is 1. The van der Waals surface area contributed by atoms with Crippen molar-refractivity contribution in [3.63, 3.8) is 0 Å². The predicted molar refractivity (Wildman–Crippen MR) is 83.2 cm³/mol. The van der Waals surface area contributed by atoms with Crippen LogP contribution in [0.1, 0.15) is 11.8 Å². The highest BCUT2D eigenvalue weighted by Gasteiger charge is 2.15. The molecule has 4 nitrogen and oxygen atoms in total. The molecule has 0 spiro atoms. The normalized spacial score (nSPS) is 12.5. The van der Waals surface area contributed by atoms with Gasteiger partial charge in [0.15, 0.2) is 0 Å². The van der Waals surface area contributed by atoms with Crippen LogP contribution in [0.15, 0.2) is 59.0 Å². The molecular weight excluding hydrogens is 288 g/mol. The molecule has 3 N–H and O–H groups in total. The van der Waals surface area contributed by atoms with Crippen LogP contribution >= 0.6 is 11.6 Å². The third-order valence-corrected chi connectivity index (χ3v) is 3.47. The molecule has 0 amide bonds. The number of hydrogen-bond donors (Lipinski definition) is 2. The zero-order valence-corrected chi connectivity index (χ0v) is 12.0. The van der Waals surface area contributed by atoms with Gasteiger partial charge in [0, 0.05) is 10.4 Å². The lowest BCUT2D eigenvalue weighted by atomic mass is 10.2. The van der Waals surface area contributed by atoms with E-state index >= 15 is 0 Å². The number of rotatable bonds is 5. The zero-order valence-electron chi connectivity index (χ0n) is 11.3. The Morgan fingerprint density at radius 3 is 2.62 bits per heavy atom. The minimum Gasteiger partial charge on any atom is -0.491 e. The summed E-state index contributed by atoms with van der Waals surface area (Å²) in [6, 6.07) is 16.7. The van der Waals surface area contributed by atoms with E-state index in [1.165, 1.54) is 0 Å². The summed E-state index contributed by atoms with van der Waals surface area (Å²) in [5.74, 6) is 7.08. The molecule has 1 aromatic heterocycles. The fraction of sp³-hybridized carbons (Fsp3) is 0.125. The predicted octanol–water partition coefficient (Wildman–Crippen LogP) is 3.67. The van der Waals surface area contributed by atoms with E-state index < -0.39 is 0 Å². The first kappa shape index (κ1) is 13.9. The van der Waals surface area contributed by atoms with Crippen LogP contribution in [0.5, 0.6) is 5.75 Å². The van der Waals surface area contributed by atoms with Gasteiger partial charge in [-0.2, -0.15) is 0 Å². The highest BCUT2D eigenvalue weighted by atomic mass is 35.5. The Labute approximate surface area is 127 Å². The van der Waals surface area contributed by atoms with Crippen LogP contribution in [-0.4, -0.2) is 6.61 Å². The Kier molecular flexibility index (Phi) is 4.10. The van der Waals surface area contributed by atoms with Gasteiger partial charge in [-0.3, -0.25) is 5.84 Å². The molecule has 3 rings (SSSR count). The molecule has 1 unspecified atom stereocenters. The average molecular weight is 303 g/mol. The molecule has 0 fully saturated rings. The number of furan rings is 1. The van der Waals surface area contributed by atoms with Gasteiger partial charge in [-0.25, -0.2) is 5.43 Å². The zero-order chi connectivity index (χ0) is 14.7. The molecule has 108 valence electrons. The fourth-order valence-electron chi connectivity index (χ4n) is 2.10. The second kappa shape index (κ2) is 6.18. The third-order valence-electron chi connectivity index (χ3n) is 3.22. The number of para-hydroxylation sites is 1. The van der Waals surface area contributed by atoms with Gasteiger partial charge in [-0.1, -0.05) is 29.8 Å². The summed E-state index contributed by atoms with van der Waals surface area (Å²) in [4.78, 5) is 0. The van der Waals surface area contributed by atoms with Crippen molar-refractivity contribution >= 4 is 22.6 Å². The summed E-state index contributed by atoms with van der Waals surface area (Å²) in [7, 11) is 0. The molecule has 0 aliphatic rings. The summed E-state index contributed by atoms with van der Waals surface area (Å²) < 4.78 is 11.5. The summed E-state index contributed by atoms with van der Waals surface area (Å²) in [6.45, 7) is 0.359. The van der Waals surface area contributed by atoms with Crippen molar-refractivity contribution < 1.29 is 9.15 Å². The van der Waals surface area contributed by atoms with Crippen molar-refractivity contribution in [3.05, 3.63) is 65.4 Å². The molecule has 0 saturated heterocycles. The highest BCUT2D eigenvalue weighted by Crippen LogP contribution is 2.24. The first-order valence-electron chi connectivity index (χ1n) is 6.59. The van der Waals surface area contributed by atoms with Crippen molar-refractivity contribution in [1.29, 1.82) is 0 Å². The minimum absolute atomic E-state index is 0.229.